The second-order valence-corrected chi connectivity index (χ2v) is 7.14. The molecule has 5 heteroatoms. The van der Waals surface area contributed by atoms with Gasteiger partial charge in [-0.15, -0.1) is 0 Å². The summed E-state index contributed by atoms with van der Waals surface area (Å²) in [7, 11) is 0. The molecule has 0 fully saturated rings. The van der Waals surface area contributed by atoms with Crippen molar-refractivity contribution in [2.24, 2.45) is 0 Å². The minimum absolute atomic E-state index is 0.0641. The van der Waals surface area contributed by atoms with Crippen LogP contribution < -0.4 is 5.32 Å². The van der Waals surface area contributed by atoms with Crippen LogP contribution in [0.4, 0.5) is 4.39 Å². The van der Waals surface area contributed by atoms with Gasteiger partial charge in [-0.25, -0.2) is 9.37 Å². The molecule has 0 aliphatic carbocycles. The Balaban J connectivity index is 1.58. The van der Waals surface area contributed by atoms with Crippen molar-refractivity contribution in [3.05, 3.63) is 107 Å². The first kappa shape index (κ1) is 18.9. The fraction of sp³-hybridized carbons (Fsp3) is 0.167. The average molecular weight is 387 g/mol. The Kier molecular flexibility index (Phi) is 5.38. The molecule has 2 aromatic heterocycles. The largest absolute Gasteiger partial charge is 0.352 e. The lowest BCUT2D eigenvalue weighted by molar-refractivity contribution is -0.121. The highest BCUT2D eigenvalue weighted by Crippen LogP contribution is 2.29. The third-order valence-corrected chi connectivity index (χ3v) is 5.11. The second-order valence-electron chi connectivity index (χ2n) is 7.14. The van der Waals surface area contributed by atoms with Crippen molar-refractivity contribution in [3.63, 3.8) is 0 Å². The van der Waals surface area contributed by atoms with E-state index in [4.69, 9.17) is 0 Å². The summed E-state index contributed by atoms with van der Waals surface area (Å²) in [6, 6.07) is 20.2. The third kappa shape index (κ3) is 4.19. The number of aromatic nitrogens is 2. The molecule has 1 amide bonds. The predicted molar refractivity (Wildman–Crippen MR) is 111 cm³/mol. The predicted octanol–water partition coefficient (Wildman–Crippen LogP) is 4.62. The molecule has 4 rings (SSSR count). The molecule has 0 saturated heterocycles. The molecule has 29 heavy (non-hydrogen) atoms. The van der Waals surface area contributed by atoms with Gasteiger partial charge < -0.3 is 9.72 Å². The molecule has 146 valence electrons. The zero-order valence-corrected chi connectivity index (χ0v) is 16.2. The molecule has 2 aromatic carbocycles. The topological polar surface area (TPSA) is 46.4 Å². The quantitative estimate of drug-likeness (QED) is 0.525. The lowest BCUT2D eigenvalue weighted by atomic mass is 9.92. The molecule has 4 aromatic rings. The Bertz CT molecular complexity index is 1120. The van der Waals surface area contributed by atoms with Crippen LogP contribution in [0.1, 0.15) is 34.7 Å². The highest BCUT2D eigenvalue weighted by atomic mass is 19.1. The zero-order valence-electron chi connectivity index (χ0n) is 16.2. The Hall–Kier alpha value is -3.47. The number of carbonyl (C=O) groups is 1. The summed E-state index contributed by atoms with van der Waals surface area (Å²) in [5, 5.41) is 2.95. The number of halogens is 1. The minimum atomic E-state index is -0.285. The van der Waals surface area contributed by atoms with Gasteiger partial charge in [0.15, 0.2) is 0 Å². The van der Waals surface area contributed by atoms with E-state index in [1.54, 1.807) is 12.1 Å². The molecule has 0 unspecified atom stereocenters. The first-order valence-corrected chi connectivity index (χ1v) is 9.60. The number of fused-ring (bicyclic) bond motifs is 1. The number of amides is 1. The van der Waals surface area contributed by atoms with Crippen LogP contribution in [0.15, 0.2) is 79.1 Å². The molecule has 2 heterocycles. The molecule has 1 N–H and O–H groups in total. The summed E-state index contributed by atoms with van der Waals surface area (Å²) in [6.07, 6.45) is 4.14. The van der Waals surface area contributed by atoms with Gasteiger partial charge in [0.25, 0.3) is 0 Å². The van der Waals surface area contributed by atoms with Gasteiger partial charge in [0.05, 0.1) is 5.69 Å². The monoisotopic (exact) mass is 387 g/mol. The Morgan fingerprint density at radius 3 is 2.59 bits per heavy atom. The molecule has 1 atom stereocenters. The second kappa shape index (κ2) is 8.27. The highest BCUT2D eigenvalue weighted by molar-refractivity contribution is 5.77. The molecule has 0 aliphatic heterocycles. The van der Waals surface area contributed by atoms with Crippen molar-refractivity contribution in [2.75, 3.05) is 0 Å². The number of nitrogens with zero attached hydrogens (tertiary/aromatic N) is 2. The number of rotatable bonds is 6. The van der Waals surface area contributed by atoms with Crippen LogP contribution in [0.3, 0.4) is 0 Å². The van der Waals surface area contributed by atoms with E-state index in [0.717, 1.165) is 28.0 Å². The van der Waals surface area contributed by atoms with Crippen LogP contribution in [0, 0.1) is 12.7 Å². The van der Waals surface area contributed by atoms with Gasteiger partial charge in [0, 0.05) is 31.3 Å². The van der Waals surface area contributed by atoms with E-state index in [0.29, 0.717) is 13.0 Å². The number of pyridine rings is 1. The van der Waals surface area contributed by atoms with Gasteiger partial charge >= 0.3 is 0 Å². The fourth-order valence-electron chi connectivity index (χ4n) is 3.57. The van der Waals surface area contributed by atoms with Crippen LogP contribution >= 0.6 is 0 Å². The lowest BCUT2D eigenvalue weighted by Crippen LogP contribution is -2.25. The first-order chi connectivity index (χ1) is 14.1. The Morgan fingerprint density at radius 2 is 1.83 bits per heavy atom. The Labute approximate surface area is 169 Å². The minimum Gasteiger partial charge on any atom is -0.352 e. The van der Waals surface area contributed by atoms with Crippen LogP contribution in [0.25, 0.3) is 5.65 Å². The third-order valence-electron chi connectivity index (χ3n) is 5.11. The number of hydrogen-bond donors (Lipinski definition) is 1. The van der Waals surface area contributed by atoms with Gasteiger partial charge in [0.1, 0.15) is 11.5 Å². The molecule has 0 radical (unpaired) electrons. The number of aryl methyl sites for hydroxylation is 1. The maximum Gasteiger partial charge on any atom is 0.221 e. The Morgan fingerprint density at radius 1 is 1.07 bits per heavy atom. The summed E-state index contributed by atoms with van der Waals surface area (Å²) in [5.41, 5.74) is 4.89. The average Bonchev–Trinajstić information content (AvgIpc) is 3.17. The lowest BCUT2D eigenvalue weighted by Gasteiger charge is -2.17. The summed E-state index contributed by atoms with van der Waals surface area (Å²) >= 11 is 0. The molecular weight excluding hydrogens is 365 g/mol. The number of benzene rings is 2. The van der Waals surface area contributed by atoms with Gasteiger partial charge in [-0.05, 0) is 41.8 Å². The number of imidazole rings is 1. The van der Waals surface area contributed by atoms with Crippen molar-refractivity contribution in [1.82, 2.24) is 14.7 Å². The fourth-order valence-corrected chi connectivity index (χ4v) is 3.57. The summed E-state index contributed by atoms with van der Waals surface area (Å²) in [5.74, 6) is -0.473. The number of hydrogen-bond acceptors (Lipinski definition) is 2. The zero-order chi connectivity index (χ0) is 20.2. The molecule has 0 saturated carbocycles. The van der Waals surface area contributed by atoms with E-state index >= 15 is 0 Å². The number of nitrogens with one attached hydrogen (secondary N) is 1. The standard InChI is InChI=1S/C24H22FN3O/c1-17-6-5-13-28-22(16-27-24(17)28)21(19-7-3-2-4-8-19)14-23(29)26-15-18-9-11-20(25)12-10-18/h2-13,16,21H,14-15H2,1H3,(H,26,29)/t21-/m0/s1. The van der Waals surface area contributed by atoms with Crippen molar-refractivity contribution >= 4 is 11.6 Å². The van der Waals surface area contributed by atoms with E-state index in [9.17, 15) is 9.18 Å². The van der Waals surface area contributed by atoms with Crippen LogP contribution in [0.5, 0.6) is 0 Å². The molecule has 0 bridgehead atoms. The number of carbonyl (C=O) groups excluding carboxylic acids is 1. The van der Waals surface area contributed by atoms with Crippen LogP contribution in [-0.2, 0) is 11.3 Å². The van der Waals surface area contributed by atoms with Crippen molar-refractivity contribution < 1.29 is 9.18 Å². The highest BCUT2D eigenvalue weighted by Gasteiger charge is 2.22. The van der Waals surface area contributed by atoms with E-state index in [1.807, 2.05) is 61.8 Å². The van der Waals surface area contributed by atoms with Gasteiger partial charge in [0.2, 0.25) is 5.91 Å². The first-order valence-electron chi connectivity index (χ1n) is 9.60. The maximum atomic E-state index is 13.1. The van der Waals surface area contributed by atoms with Crippen molar-refractivity contribution in [2.45, 2.75) is 25.8 Å². The summed E-state index contributed by atoms with van der Waals surface area (Å²) in [4.78, 5) is 17.3. The van der Waals surface area contributed by atoms with Gasteiger partial charge in [-0.1, -0.05) is 48.5 Å². The van der Waals surface area contributed by atoms with Crippen molar-refractivity contribution in [3.8, 4) is 0 Å². The van der Waals surface area contributed by atoms with E-state index in [2.05, 4.69) is 14.7 Å². The molecular formula is C24H22FN3O. The van der Waals surface area contributed by atoms with Crippen LogP contribution in [0.2, 0.25) is 0 Å². The summed E-state index contributed by atoms with van der Waals surface area (Å²) in [6.45, 7) is 2.39. The van der Waals surface area contributed by atoms with Crippen molar-refractivity contribution in [1.29, 1.82) is 0 Å². The maximum absolute atomic E-state index is 13.1. The van der Waals surface area contributed by atoms with E-state index in [1.165, 1.54) is 12.1 Å². The van der Waals surface area contributed by atoms with Crippen LogP contribution in [-0.4, -0.2) is 15.3 Å². The SMILES string of the molecule is Cc1cccn2c([C@@H](CC(=O)NCc3ccc(F)cc3)c3ccccc3)cnc12. The molecule has 4 nitrogen and oxygen atoms in total. The van der Waals surface area contributed by atoms with Gasteiger partial charge in [-0.2, -0.15) is 0 Å². The normalized spacial score (nSPS) is 12.1. The smallest absolute Gasteiger partial charge is 0.221 e. The summed E-state index contributed by atoms with van der Waals surface area (Å²) < 4.78 is 15.1. The van der Waals surface area contributed by atoms with E-state index in [-0.39, 0.29) is 17.6 Å². The van der Waals surface area contributed by atoms with Gasteiger partial charge in [-0.3, -0.25) is 4.79 Å². The van der Waals surface area contributed by atoms with E-state index < -0.39 is 0 Å². The molecule has 0 aliphatic rings. The molecule has 0 spiro atoms.